The largest absolute Gasteiger partial charge is 0.396 e. The fourth-order valence-electron chi connectivity index (χ4n) is 2.36. The average molecular weight is 346 g/mol. The highest BCUT2D eigenvalue weighted by Crippen LogP contribution is 2.24. The second-order valence-corrected chi connectivity index (χ2v) is 5.49. The van der Waals surface area contributed by atoms with Crippen LogP contribution in [0.25, 0.3) is 11.3 Å². The van der Waals surface area contributed by atoms with E-state index in [4.69, 9.17) is 5.11 Å². The van der Waals surface area contributed by atoms with Crippen molar-refractivity contribution in [1.82, 2.24) is 15.0 Å². The van der Waals surface area contributed by atoms with Crippen LogP contribution in [0.2, 0.25) is 0 Å². The van der Waals surface area contributed by atoms with Gasteiger partial charge in [-0.15, -0.1) is 0 Å². The Morgan fingerprint density at radius 3 is 2.77 bits per heavy atom. The van der Waals surface area contributed by atoms with Gasteiger partial charge in [-0.1, -0.05) is 12.1 Å². The van der Waals surface area contributed by atoms with Crippen LogP contribution in [0.5, 0.6) is 0 Å². The molecule has 0 unspecified atom stereocenters. The number of aliphatic hydroxyl groups excluding tert-OH is 1. The summed E-state index contributed by atoms with van der Waals surface area (Å²) in [5, 5.41) is 24.5. The van der Waals surface area contributed by atoms with E-state index in [2.05, 4.69) is 31.7 Å². The smallest absolute Gasteiger partial charge is 0.225 e. The maximum atomic E-state index is 9.26. The minimum Gasteiger partial charge on any atom is -0.396 e. The summed E-state index contributed by atoms with van der Waals surface area (Å²) in [5.74, 6) is 1.00. The number of anilines is 3. The van der Waals surface area contributed by atoms with Gasteiger partial charge >= 0.3 is 0 Å². The Morgan fingerprint density at radius 1 is 1.12 bits per heavy atom. The fraction of sp³-hybridized carbons (Fsp3) is 0.158. The minimum absolute atomic E-state index is 0.0932. The molecule has 0 fully saturated rings. The van der Waals surface area contributed by atoms with Crippen LogP contribution in [0, 0.1) is 11.3 Å². The maximum absolute atomic E-state index is 9.26. The fourth-order valence-corrected chi connectivity index (χ4v) is 2.36. The summed E-state index contributed by atoms with van der Waals surface area (Å²) >= 11 is 0. The van der Waals surface area contributed by atoms with Gasteiger partial charge in [0.1, 0.15) is 11.9 Å². The normalized spacial score (nSPS) is 10.2. The van der Waals surface area contributed by atoms with Crippen LogP contribution in [0.4, 0.5) is 17.5 Å². The number of aliphatic hydroxyl groups is 1. The number of nitrogens with zero attached hydrogens (tertiary/aromatic N) is 4. The van der Waals surface area contributed by atoms with Gasteiger partial charge in [-0.2, -0.15) is 10.2 Å². The van der Waals surface area contributed by atoms with Crippen LogP contribution in [-0.2, 0) is 0 Å². The van der Waals surface area contributed by atoms with Gasteiger partial charge in [0, 0.05) is 37.2 Å². The van der Waals surface area contributed by atoms with E-state index in [0.29, 0.717) is 41.7 Å². The quantitative estimate of drug-likeness (QED) is 0.565. The van der Waals surface area contributed by atoms with Crippen molar-refractivity contribution in [3.05, 3.63) is 60.4 Å². The summed E-state index contributed by atoms with van der Waals surface area (Å²) in [7, 11) is 0. The molecule has 3 N–H and O–H groups in total. The number of nitriles is 1. The van der Waals surface area contributed by atoms with E-state index in [9.17, 15) is 5.26 Å². The summed E-state index contributed by atoms with van der Waals surface area (Å²) in [4.78, 5) is 13.1. The molecule has 0 amide bonds. The first-order chi connectivity index (χ1) is 12.8. The van der Waals surface area contributed by atoms with Gasteiger partial charge in [-0.3, -0.25) is 4.98 Å². The van der Waals surface area contributed by atoms with Crippen LogP contribution in [0.3, 0.4) is 0 Å². The van der Waals surface area contributed by atoms with Crippen molar-refractivity contribution in [1.29, 1.82) is 5.26 Å². The van der Waals surface area contributed by atoms with E-state index in [0.717, 1.165) is 5.56 Å². The second-order valence-electron chi connectivity index (χ2n) is 5.49. The molecule has 3 rings (SSSR count). The zero-order valence-electron chi connectivity index (χ0n) is 14.1. The molecule has 0 saturated heterocycles. The van der Waals surface area contributed by atoms with Gasteiger partial charge in [0.05, 0.1) is 16.9 Å². The Labute approximate surface area is 151 Å². The number of para-hydroxylation sites is 1. The zero-order chi connectivity index (χ0) is 18.2. The first kappa shape index (κ1) is 17.3. The molecule has 0 aliphatic rings. The highest BCUT2D eigenvalue weighted by molar-refractivity contribution is 5.69. The van der Waals surface area contributed by atoms with Gasteiger partial charge in [0.25, 0.3) is 0 Å². The first-order valence-corrected chi connectivity index (χ1v) is 8.20. The molecule has 2 heterocycles. The lowest BCUT2D eigenvalue weighted by molar-refractivity contribution is 0.292. The number of hydrogen-bond acceptors (Lipinski definition) is 7. The zero-order valence-corrected chi connectivity index (χ0v) is 14.1. The predicted molar refractivity (Wildman–Crippen MR) is 99.9 cm³/mol. The summed E-state index contributed by atoms with van der Waals surface area (Å²) in [6, 6.07) is 15.0. The van der Waals surface area contributed by atoms with E-state index in [1.54, 1.807) is 18.5 Å². The van der Waals surface area contributed by atoms with Crippen LogP contribution < -0.4 is 10.6 Å². The SMILES string of the molecule is N#Cc1ccccc1Nc1cc(-c2cccnc2)nc(NCCCO)n1. The molecule has 2 aromatic heterocycles. The molecule has 1 aromatic carbocycles. The van der Waals surface area contributed by atoms with Crippen molar-refractivity contribution in [2.45, 2.75) is 6.42 Å². The van der Waals surface area contributed by atoms with E-state index in [-0.39, 0.29) is 6.61 Å². The topological polar surface area (TPSA) is 107 Å². The Hall–Kier alpha value is -3.50. The highest BCUT2D eigenvalue weighted by atomic mass is 16.3. The van der Waals surface area contributed by atoms with Crippen molar-refractivity contribution in [2.75, 3.05) is 23.8 Å². The minimum atomic E-state index is 0.0932. The van der Waals surface area contributed by atoms with Crippen molar-refractivity contribution < 1.29 is 5.11 Å². The third-order valence-electron chi connectivity index (χ3n) is 3.61. The summed E-state index contributed by atoms with van der Waals surface area (Å²) < 4.78 is 0. The van der Waals surface area contributed by atoms with Crippen molar-refractivity contribution in [3.8, 4) is 17.3 Å². The molecule has 7 nitrogen and oxygen atoms in total. The molecule has 0 radical (unpaired) electrons. The molecule has 0 atom stereocenters. The molecule has 0 saturated carbocycles. The predicted octanol–water partition coefficient (Wildman–Crippen LogP) is 2.95. The Bertz CT molecular complexity index is 907. The van der Waals surface area contributed by atoms with Gasteiger partial charge in [-0.05, 0) is 30.7 Å². The maximum Gasteiger partial charge on any atom is 0.225 e. The number of aromatic nitrogens is 3. The lowest BCUT2D eigenvalue weighted by Crippen LogP contribution is -2.09. The van der Waals surface area contributed by atoms with E-state index in [1.165, 1.54) is 0 Å². The molecule has 3 aromatic rings. The Morgan fingerprint density at radius 2 is 2.00 bits per heavy atom. The van der Waals surface area contributed by atoms with Crippen molar-refractivity contribution in [3.63, 3.8) is 0 Å². The van der Waals surface area contributed by atoms with Crippen LogP contribution in [-0.4, -0.2) is 33.2 Å². The van der Waals surface area contributed by atoms with Gasteiger partial charge in [0.2, 0.25) is 5.95 Å². The van der Waals surface area contributed by atoms with Crippen molar-refractivity contribution in [2.24, 2.45) is 0 Å². The molecule has 26 heavy (non-hydrogen) atoms. The molecule has 7 heteroatoms. The van der Waals surface area contributed by atoms with Crippen LogP contribution in [0.15, 0.2) is 54.9 Å². The number of benzene rings is 1. The number of pyridine rings is 1. The number of hydrogen-bond donors (Lipinski definition) is 3. The standard InChI is InChI=1S/C19H18N6O/c20-12-14-5-1-2-7-16(14)23-18-11-17(15-6-3-8-21-13-15)24-19(25-18)22-9-4-10-26/h1-3,5-8,11,13,26H,4,9-10H2,(H2,22,23,24,25). The molecule has 0 aliphatic heterocycles. The van der Waals surface area contributed by atoms with E-state index < -0.39 is 0 Å². The summed E-state index contributed by atoms with van der Waals surface area (Å²) in [6.45, 7) is 0.650. The van der Waals surface area contributed by atoms with Gasteiger partial charge in [-0.25, -0.2) is 4.98 Å². The average Bonchev–Trinajstić information content (AvgIpc) is 2.69. The summed E-state index contributed by atoms with van der Waals surface area (Å²) in [5.41, 5.74) is 2.77. The Kier molecular flexibility index (Phi) is 5.70. The Balaban J connectivity index is 1.95. The highest BCUT2D eigenvalue weighted by Gasteiger charge is 2.09. The number of nitrogens with one attached hydrogen (secondary N) is 2. The van der Waals surface area contributed by atoms with Gasteiger partial charge < -0.3 is 15.7 Å². The molecule has 0 bridgehead atoms. The third kappa shape index (κ3) is 4.32. The molecule has 0 spiro atoms. The monoisotopic (exact) mass is 346 g/mol. The number of rotatable bonds is 7. The molecule has 0 aliphatic carbocycles. The van der Waals surface area contributed by atoms with Crippen LogP contribution in [0.1, 0.15) is 12.0 Å². The first-order valence-electron chi connectivity index (χ1n) is 8.20. The summed E-state index contributed by atoms with van der Waals surface area (Å²) in [6.07, 6.45) is 4.03. The molecular formula is C19H18N6O. The molecular weight excluding hydrogens is 328 g/mol. The molecule has 130 valence electrons. The second kappa shape index (κ2) is 8.55. The van der Waals surface area contributed by atoms with Gasteiger partial charge in [0.15, 0.2) is 0 Å². The van der Waals surface area contributed by atoms with E-state index >= 15 is 0 Å². The van der Waals surface area contributed by atoms with E-state index in [1.807, 2.05) is 36.4 Å². The lowest BCUT2D eigenvalue weighted by Gasteiger charge is -2.12. The van der Waals surface area contributed by atoms with Crippen LogP contribution >= 0.6 is 0 Å². The van der Waals surface area contributed by atoms with Crippen molar-refractivity contribution >= 4 is 17.5 Å². The lowest BCUT2D eigenvalue weighted by atomic mass is 10.2. The third-order valence-corrected chi connectivity index (χ3v) is 3.61.